The Bertz CT molecular complexity index is 1820. The van der Waals surface area contributed by atoms with Crippen LogP contribution in [0.5, 0.6) is 0 Å². The minimum Gasteiger partial charge on any atom is -0.391 e. The molecule has 0 spiro atoms. The molecule has 2 aliphatic rings. The second-order valence-electron chi connectivity index (χ2n) is 11.9. The van der Waals surface area contributed by atoms with Crippen molar-refractivity contribution in [1.29, 1.82) is 0 Å². The van der Waals surface area contributed by atoms with Crippen LogP contribution in [0.2, 0.25) is 0 Å². The molecule has 250 valence electrons. The first kappa shape index (κ1) is 34.4. The molecule has 2 fully saturated rings. The van der Waals surface area contributed by atoms with Crippen LogP contribution >= 0.6 is 0 Å². The molecule has 12 nitrogen and oxygen atoms in total. The zero-order valence-electron chi connectivity index (χ0n) is 26.1. The predicted octanol–water partition coefficient (Wildman–Crippen LogP) is 2.81. The van der Waals surface area contributed by atoms with Gasteiger partial charge >= 0.3 is 11.9 Å². The van der Waals surface area contributed by atoms with Gasteiger partial charge in [0.2, 0.25) is 26.0 Å². The quantitative estimate of drug-likeness (QED) is 0.204. The first-order valence-electron chi connectivity index (χ1n) is 15.4. The maximum absolute atomic E-state index is 13.3. The van der Waals surface area contributed by atoms with E-state index in [0.29, 0.717) is 37.1 Å². The number of sulfonamides is 2. The summed E-state index contributed by atoms with van der Waals surface area (Å²) in [5, 5.41) is 5.73. The van der Waals surface area contributed by atoms with Crippen LogP contribution in [0.3, 0.4) is 0 Å². The van der Waals surface area contributed by atoms with Gasteiger partial charge < -0.3 is 15.4 Å². The summed E-state index contributed by atoms with van der Waals surface area (Å²) in [6, 6.07) is 16.0. The van der Waals surface area contributed by atoms with E-state index in [9.17, 15) is 31.2 Å². The summed E-state index contributed by atoms with van der Waals surface area (Å²) >= 11 is 0. The highest BCUT2D eigenvalue weighted by atomic mass is 32.2. The summed E-state index contributed by atoms with van der Waals surface area (Å²) in [5.41, 5.74) is 2.69. The first-order chi connectivity index (χ1) is 22.3. The Morgan fingerprint density at radius 3 is 2.06 bits per heavy atom. The Morgan fingerprint density at radius 1 is 0.851 bits per heavy atom. The average Bonchev–Trinajstić information content (AvgIpc) is 3.76. The van der Waals surface area contributed by atoms with Crippen molar-refractivity contribution in [3.05, 3.63) is 89.5 Å². The highest BCUT2D eigenvalue weighted by molar-refractivity contribution is 7.89. The fraction of sp³-hybridized carbons (Fsp3) is 0.364. The standard InChI is InChI=1S/C33H38N4O8S2/c1-22-7-15-26(16-8-22)46(41,42)36-29(33(40)45-32(39)28-5-3-19-34-28)21-24-11-13-25(14-12-24)35-31(38)30-6-4-20-37(30)47(43,44)27-17-9-23(2)10-18-27/h7-18,28-30,34,36H,3-6,19-21H2,1-2H3,(H,35,38)/t28-,29-,30-/m0/s1. The lowest BCUT2D eigenvalue weighted by Crippen LogP contribution is -2.45. The fourth-order valence-electron chi connectivity index (χ4n) is 5.59. The molecule has 3 aromatic rings. The van der Waals surface area contributed by atoms with E-state index in [2.05, 4.69) is 15.4 Å². The number of carbonyl (C=O) groups is 3. The molecular formula is C33H38N4O8S2. The number of hydrogen-bond acceptors (Lipinski definition) is 9. The van der Waals surface area contributed by atoms with Crippen LogP contribution in [-0.2, 0) is 45.6 Å². The van der Waals surface area contributed by atoms with Gasteiger partial charge in [0.15, 0.2) is 0 Å². The van der Waals surface area contributed by atoms with Gasteiger partial charge in [0.05, 0.1) is 9.79 Å². The smallest absolute Gasteiger partial charge is 0.332 e. The van der Waals surface area contributed by atoms with Crippen LogP contribution in [-0.4, -0.2) is 70.2 Å². The van der Waals surface area contributed by atoms with Gasteiger partial charge in [0, 0.05) is 12.2 Å². The van der Waals surface area contributed by atoms with E-state index < -0.39 is 56.0 Å². The fourth-order valence-corrected chi connectivity index (χ4v) is 8.43. The lowest BCUT2D eigenvalue weighted by molar-refractivity contribution is -0.162. The number of aryl methyl sites for hydroxylation is 2. The van der Waals surface area contributed by atoms with Crippen LogP contribution in [0.4, 0.5) is 5.69 Å². The molecule has 2 saturated heterocycles. The van der Waals surface area contributed by atoms with Crippen molar-refractivity contribution in [3.63, 3.8) is 0 Å². The molecule has 0 aliphatic carbocycles. The van der Waals surface area contributed by atoms with Gasteiger partial charge in [-0.1, -0.05) is 47.5 Å². The second kappa shape index (κ2) is 14.4. The first-order valence-corrected chi connectivity index (χ1v) is 18.3. The number of rotatable bonds is 11. The molecule has 1 amide bonds. The van der Waals surface area contributed by atoms with Gasteiger partial charge in [-0.25, -0.2) is 26.4 Å². The van der Waals surface area contributed by atoms with Crippen LogP contribution in [0, 0.1) is 13.8 Å². The van der Waals surface area contributed by atoms with Gasteiger partial charge in [0.25, 0.3) is 0 Å². The number of esters is 2. The Morgan fingerprint density at radius 2 is 1.47 bits per heavy atom. The lowest BCUT2D eigenvalue weighted by Gasteiger charge is -2.23. The van der Waals surface area contributed by atoms with Crippen LogP contribution < -0.4 is 15.4 Å². The molecule has 0 aromatic heterocycles. The zero-order valence-corrected chi connectivity index (χ0v) is 27.8. The van der Waals surface area contributed by atoms with Crippen molar-refractivity contribution in [3.8, 4) is 0 Å². The molecule has 0 unspecified atom stereocenters. The third kappa shape index (κ3) is 8.32. The summed E-state index contributed by atoms with van der Waals surface area (Å²) in [5.74, 6) is -2.28. The predicted molar refractivity (Wildman–Crippen MR) is 174 cm³/mol. The number of nitrogens with one attached hydrogen (secondary N) is 3. The maximum Gasteiger partial charge on any atom is 0.332 e. The summed E-state index contributed by atoms with van der Waals surface area (Å²) in [6.45, 7) is 4.51. The van der Waals surface area contributed by atoms with Crippen molar-refractivity contribution >= 4 is 43.6 Å². The van der Waals surface area contributed by atoms with Gasteiger partial charge in [-0.05, 0) is 94.5 Å². The largest absolute Gasteiger partial charge is 0.391 e. The molecule has 47 heavy (non-hydrogen) atoms. The number of ether oxygens (including phenoxy) is 1. The topological polar surface area (TPSA) is 168 Å². The Balaban J connectivity index is 1.28. The average molecular weight is 683 g/mol. The third-order valence-corrected chi connectivity index (χ3v) is 11.7. The SMILES string of the molecule is Cc1ccc(S(=O)(=O)N[C@@H](Cc2ccc(NC(=O)[C@@H]3CCCN3S(=O)(=O)c3ccc(C)cc3)cc2)C(=O)OC(=O)[C@@H]2CCCN2)cc1. The normalized spacial score (nSPS) is 19.3. The Labute approximate surface area is 275 Å². The molecule has 0 saturated carbocycles. The number of carbonyl (C=O) groups excluding carboxylic acids is 3. The van der Waals surface area contributed by atoms with E-state index in [4.69, 9.17) is 4.74 Å². The highest BCUT2D eigenvalue weighted by Gasteiger charge is 2.39. The maximum atomic E-state index is 13.3. The van der Waals surface area contributed by atoms with E-state index in [0.717, 1.165) is 17.5 Å². The summed E-state index contributed by atoms with van der Waals surface area (Å²) in [7, 11) is -8.04. The van der Waals surface area contributed by atoms with Crippen LogP contribution in [0.15, 0.2) is 82.6 Å². The minimum atomic E-state index is -4.16. The van der Waals surface area contributed by atoms with Gasteiger partial charge in [0.1, 0.15) is 18.1 Å². The minimum absolute atomic E-state index is 0.0481. The molecule has 2 aliphatic heterocycles. The molecular weight excluding hydrogens is 645 g/mol. The molecule has 5 rings (SSSR count). The molecule has 0 radical (unpaired) electrons. The number of benzene rings is 3. The third-order valence-electron chi connectivity index (χ3n) is 8.25. The number of nitrogens with zero attached hydrogens (tertiary/aromatic N) is 1. The summed E-state index contributed by atoms with van der Waals surface area (Å²) in [6.07, 6.45) is 2.03. The molecule has 2 heterocycles. The van der Waals surface area contributed by atoms with Gasteiger partial charge in [-0.15, -0.1) is 0 Å². The number of anilines is 1. The van der Waals surface area contributed by atoms with Gasteiger partial charge in [-0.2, -0.15) is 9.03 Å². The molecule has 0 bridgehead atoms. The van der Waals surface area contributed by atoms with Crippen molar-refractivity contribution in [2.45, 2.75) is 73.9 Å². The summed E-state index contributed by atoms with van der Waals surface area (Å²) < 4.78 is 61.7. The van der Waals surface area contributed by atoms with Crippen LogP contribution in [0.25, 0.3) is 0 Å². The Hall–Kier alpha value is -3.95. The van der Waals surface area contributed by atoms with E-state index in [1.54, 1.807) is 48.5 Å². The van der Waals surface area contributed by atoms with Crippen molar-refractivity contribution in [2.75, 3.05) is 18.4 Å². The second-order valence-corrected chi connectivity index (χ2v) is 15.5. The number of hydrogen-bond donors (Lipinski definition) is 3. The summed E-state index contributed by atoms with van der Waals surface area (Å²) in [4.78, 5) is 39.0. The van der Waals surface area contributed by atoms with Gasteiger partial charge in [-0.3, -0.25) is 4.79 Å². The zero-order chi connectivity index (χ0) is 33.8. The molecule has 3 atom stereocenters. The highest BCUT2D eigenvalue weighted by Crippen LogP contribution is 2.27. The molecule has 14 heteroatoms. The van der Waals surface area contributed by atoms with E-state index in [-0.39, 0.29) is 22.8 Å². The van der Waals surface area contributed by atoms with Crippen LogP contribution in [0.1, 0.15) is 42.4 Å². The van der Waals surface area contributed by atoms with E-state index in [1.165, 1.54) is 28.6 Å². The molecule has 3 N–H and O–H groups in total. The Kier molecular flexibility index (Phi) is 10.6. The van der Waals surface area contributed by atoms with Crippen molar-refractivity contribution in [1.82, 2.24) is 14.3 Å². The van der Waals surface area contributed by atoms with Crippen molar-refractivity contribution in [2.24, 2.45) is 0 Å². The number of amides is 1. The molecule has 3 aromatic carbocycles. The van der Waals surface area contributed by atoms with E-state index >= 15 is 0 Å². The monoisotopic (exact) mass is 682 g/mol. The van der Waals surface area contributed by atoms with Crippen molar-refractivity contribution < 1.29 is 36.0 Å². The lowest BCUT2D eigenvalue weighted by atomic mass is 10.1. The van der Waals surface area contributed by atoms with E-state index in [1.807, 2.05) is 13.8 Å².